The number of nitrogens with zero attached hydrogens (tertiary/aromatic N) is 1. The first-order valence-corrected chi connectivity index (χ1v) is 8.80. The molecule has 1 heterocycles. The van der Waals surface area contributed by atoms with E-state index in [9.17, 15) is 9.59 Å². The van der Waals surface area contributed by atoms with E-state index in [0.29, 0.717) is 40.2 Å². The fourth-order valence-corrected chi connectivity index (χ4v) is 3.04. The van der Waals surface area contributed by atoms with Crippen LogP contribution in [0.4, 0.5) is 5.69 Å². The molecule has 7 nitrogen and oxygen atoms in total. The number of fused-ring (bicyclic) bond motifs is 1. The fraction of sp³-hybridized carbons (Fsp3) is 0.150. The van der Waals surface area contributed by atoms with Crippen LogP contribution in [-0.4, -0.2) is 29.7 Å². The zero-order valence-electron chi connectivity index (χ0n) is 15.4. The van der Waals surface area contributed by atoms with E-state index >= 15 is 0 Å². The summed E-state index contributed by atoms with van der Waals surface area (Å²) in [6.45, 7) is 3.94. The Hall–Kier alpha value is -3.39. The molecule has 0 bridgehead atoms. The van der Waals surface area contributed by atoms with Crippen molar-refractivity contribution < 1.29 is 14.3 Å². The van der Waals surface area contributed by atoms with E-state index < -0.39 is 0 Å². The van der Waals surface area contributed by atoms with Crippen LogP contribution in [0.5, 0.6) is 11.5 Å². The number of rotatable bonds is 6. The number of amides is 1. The highest BCUT2D eigenvalue weighted by Crippen LogP contribution is 2.26. The number of aromatic nitrogens is 2. The van der Waals surface area contributed by atoms with Crippen LogP contribution in [0.2, 0.25) is 0 Å². The number of carbonyl (C=O) groups excluding carboxylic acids is 1. The third-order valence-electron chi connectivity index (χ3n) is 4.17. The number of methoxy groups -OCH3 is 2. The highest BCUT2D eigenvalue weighted by Gasteiger charge is 2.12. The molecule has 0 fully saturated rings. The van der Waals surface area contributed by atoms with Crippen molar-refractivity contribution in [3.8, 4) is 11.5 Å². The molecule has 2 aromatic carbocycles. The normalized spacial score (nSPS) is 10.5. The summed E-state index contributed by atoms with van der Waals surface area (Å²) in [5.41, 5.74) is 1.16. The van der Waals surface area contributed by atoms with Gasteiger partial charge in [-0.05, 0) is 30.4 Å². The Bertz CT molecular complexity index is 1160. The maximum absolute atomic E-state index is 12.7. The third kappa shape index (κ3) is 3.81. The van der Waals surface area contributed by atoms with Crippen LogP contribution in [0.1, 0.15) is 10.4 Å². The second-order valence-corrected chi connectivity index (χ2v) is 6.34. The summed E-state index contributed by atoms with van der Waals surface area (Å²) >= 11 is 5.23. The van der Waals surface area contributed by atoms with E-state index in [1.807, 2.05) is 0 Å². The van der Waals surface area contributed by atoms with Gasteiger partial charge >= 0.3 is 0 Å². The van der Waals surface area contributed by atoms with E-state index in [4.69, 9.17) is 21.7 Å². The number of hydrogen-bond donors (Lipinski definition) is 2. The van der Waals surface area contributed by atoms with Gasteiger partial charge in [-0.25, -0.2) is 0 Å². The summed E-state index contributed by atoms with van der Waals surface area (Å²) in [4.78, 5) is 28.2. The lowest BCUT2D eigenvalue weighted by Gasteiger charge is -2.11. The van der Waals surface area contributed by atoms with Crippen LogP contribution in [0.3, 0.4) is 0 Å². The number of nitrogens with one attached hydrogen (secondary N) is 2. The standard InChI is InChI=1S/C20H19N3O4S/c1-4-7-23-19(25)16-6-5-12(8-17(16)22-20(23)28)18(24)21-13-9-14(26-2)11-15(10-13)27-3/h4-6,8-11H,1,7H2,2-3H3,(H,21,24)(H,22,28). The number of carbonyl (C=O) groups is 1. The van der Waals surface area contributed by atoms with Gasteiger partial charge in [0.15, 0.2) is 4.77 Å². The van der Waals surface area contributed by atoms with Crippen molar-refractivity contribution in [1.29, 1.82) is 0 Å². The molecule has 0 spiro atoms. The largest absolute Gasteiger partial charge is 0.497 e. The lowest BCUT2D eigenvalue weighted by Crippen LogP contribution is -2.22. The minimum absolute atomic E-state index is 0.233. The van der Waals surface area contributed by atoms with Gasteiger partial charge in [0.1, 0.15) is 11.5 Å². The molecule has 0 saturated heterocycles. The highest BCUT2D eigenvalue weighted by atomic mass is 32.1. The second-order valence-electron chi connectivity index (χ2n) is 5.95. The van der Waals surface area contributed by atoms with Crippen molar-refractivity contribution in [2.75, 3.05) is 19.5 Å². The molecular formula is C20H19N3O4S. The van der Waals surface area contributed by atoms with Gasteiger partial charge in [0.2, 0.25) is 0 Å². The molecule has 0 unspecified atom stereocenters. The van der Waals surface area contributed by atoms with Gasteiger partial charge in [0, 0.05) is 36.0 Å². The molecule has 3 rings (SSSR count). The molecule has 0 atom stereocenters. The molecule has 0 aliphatic carbocycles. The van der Waals surface area contributed by atoms with Crippen molar-refractivity contribution in [2.24, 2.45) is 0 Å². The molecule has 2 N–H and O–H groups in total. The summed E-state index contributed by atoms with van der Waals surface area (Å²) in [5.74, 6) is 0.770. The number of benzene rings is 2. The monoisotopic (exact) mass is 397 g/mol. The zero-order chi connectivity index (χ0) is 20.3. The van der Waals surface area contributed by atoms with E-state index in [1.54, 1.807) is 42.5 Å². The first kappa shape index (κ1) is 19.4. The SMILES string of the molecule is C=CCn1c(=S)[nH]c2cc(C(=O)Nc3cc(OC)cc(OC)c3)ccc2c1=O. The van der Waals surface area contributed by atoms with Crippen molar-refractivity contribution >= 4 is 34.7 Å². The van der Waals surface area contributed by atoms with Crippen molar-refractivity contribution in [3.05, 3.63) is 69.7 Å². The van der Waals surface area contributed by atoms with Gasteiger partial charge in [-0.2, -0.15) is 0 Å². The minimum Gasteiger partial charge on any atom is -0.497 e. The maximum Gasteiger partial charge on any atom is 0.262 e. The fourth-order valence-electron chi connectivity index (χ4n) is 2.77. The van der Waals surface area contributed by atoms with Crippen molar-refractivity contribution in [1.82, 2.24) is 9.55 Å². The first-order chi connectivity index (χ1) is 13.5. The average molecular weight is 397 g/mol. The van der Waals surface area contributed by atoms with E-state index in [2.05, 4.69) is 16.9 Å². The predicted octanol–water partition coefficient (Wildman–Crippen LogP) is 3.51. The van der Waals surface area contributed by atoms with Crippen molar-refractivity contribution in [2.45, 2.75) is 6.54 Å². The number of aromatic amines is 1. The Morgan fingerprint density at radius 1 is 1.21 bits per heavy atom. The molecule has 1 amide bonds. The van der Waals surface area contributed by atoms with Gasteiger partial charge in [-0.1, -0.05) is 6.08 Å². The molecule has 0 aliphatic heterocycles. The van der Waals surface area contributed by atoms with Crippen LogP contribution in [0, 0.1) is 4.77 Å². The van der Waals surface area contributed by atoms with Gasteiger partial charge in [-0.3, -0.25) is 14.2 Å². The summed E-state index contributed by atoms with van der Waals surface area (Å²) in [6.07, 6.45) is 1.60. The Morgan fingerprint density at radius 3 is 2.50 bits per heavy atom. The van der Waals surface area contributed by atoms with Crippen LogP contribution in [0.15, 0.2) is 53.8 Å². The highest BCUT2D eigenvalue weighted by molar-refractivity contribution is 7.71. The topological polar surface area (TPSA) is 85.3 Å². The number of hydrogen-bond acceptors (Lipinski definition) is 5. The number of ether oxygens (including phenoxy) is 2. The Kier molecular flexibility index (Phi) is 5.60. The molecule has 1 aromatic heterocycles. The van der Waals surface area contributed by atoms with Gasteiger partial charge in [0.25, 0.3) is 11.5 Å². The van der Waals surface area contributed by atoms with E-state index in [1.165, 1.54) is 18.8 Å². The molecule has 3 aromatic rings. The Morgan fingerprint density at radius 2 is 1.89 bits per heavy atom. The molecule has 144 valence electrons. The molecule has 0 saturated carbocycles. The van der Waals surface area contributed by atoms with Crippen LogP contribution in [-0.2, 0) is 6.54 Å². The third-order valence-corrected chi connectivity index (χ3v) is 4.49. The molecule has 0 radical (unpaired) electrons. The van der Waals surface area contributed by atoms with Crippen LogP contribution >= 0.6 is 12.2 Å². The maximum atomic E-state index is 12.7. The quantitative estimate of drug-likeness (QED) is 0.491. The first-order valence-electron chi connectivity index (χ1n) is 8.39. The molecule has 8 heteroatoms. The lowest BCUT2D eigenvalue weighted by atomic mass is 10.1. The van der Waals surface area contributed by atoms with Crippen LogP contribution < -0.4 is 20.3 Å². The molecular weight excluding hydrogens is 378 g/mol. The number of H-pyrrole nitrogens is 1. The zero-order valence-corrected chi connectivity index (χ0v) is 16.3. The van der Waals surface area contributed by atoms with Gasteiger partial charge < -0.3 is 19.8 Å². The smallest absolute Gasteiger partial charge is 0.262 e. The number of anilines is 1. The van der Waals surface area contributed by atoms with Gasteiger partial charge in [-0.15, -0.1) is 6.58 Å². The van der Waals surface area contributed by atoms with Crippen molar-refractivity contribution in [3.63, 3.8) is 0 Å². The molecule has 0 aliphatic rings. The Labute approximate surface area is 166 Å². The summed E-state index contributed by atoms with van der Waals surface area (Å²) in [5, 5.41) is 3.24. The summed E-state index contributed by atoms with van der Waals surface area (Å²) in [6, 6.07) is 9.86. The number of allylic oxidation sites excluding steroid dienone is 1. The summed E-state index contributed by atoms with van der Waals surface area (Å²) in [7, 11) is 3.07. The lowest BCUT2D eigenvalue weighted by molar-refractivity contribution is 0.102. The van der Waals surface area contributed by atoms with Gasteiger partial charge in [0.05, 0.1) is 25.1 Å². The second kappa shape index (κ2) is 8.10. The Balaban J connectivity index is 1.97. The van der Waals surface area contributed by atoms with E-state index in [0.717, 1.165) is 0 Å². The molecule has 28 heavy (non-hydrogen) atoms. The average Bonchev–Trinajstić information content (AvgIpc) is 2.70. The predicted molar refractivity (Wildman–Crippen MR) is 111 cm³/mol. The van der Waals surface area contributed by atoms with Crippen LogP contribution in [0.25, 0.3) is 10.9 Å². The summed E-state index contributed by atoms with van der Waals surface area (Å²) < 4.78 is 12.1. The van der Waals surface area contributed by atoms with E-state index in [-0.39, 0.29) is 16.2 Å². The minimum atomic E-state index is -0.341.